The Balaban J connectivity index is 2.80. The van der Waals surface area contributed by atoms with Gasteiger partial charge in [-0.1, -0.05) is 19.1 Å². The van der Waals surface area contributed by atoms with Crippen LogP contribution in [0.4, 0.5) is 5.69 Å². The Morgan fingerprint density at radius 2 is 2.25 bits per heavy atom. The van der Waals surface area contributed by atoms with Crippen LogP contribution in [0.1, 0.15) is 18.9 Å². The molecule has 0 aromatic heterocycles. The summed E-state index contributed by atoms with van der Waals surface area (Å²) in [6, 6.07) is 5.24. The molecule has 0 saturated heterocycles. The maximum Gasteiger partial charge on any atom is 0.228 e. The van der Waals surface area contributed by atoms with E-state index in [0.717, 1.165) is 5.56 Å². The van der Waals surface area contributed by atoms with E-state index in [1.54, 1.807) is 25.1 Å². The SMILES string of the molecule is CCC(CN)C(=O)Nc1cccc(C)c1O. The van der Waals surface area contributed by atoms with Crippen LogP contribution in [0.2, 0.25) is 0 Å². The second kappa shape index (κ2) is 5.51. The van der Waals surface area contributed by atoms with Crippen molar-refractivity contribution in [3.63, 3.8) is 0 Å². The molecule has 4 N–H and O–H groups in total. The quantitative estimate of drug-likeness (QED) is 0.678. The number of phenolic OH excluding ortho intramolecular Hbond substituents is 1. The first-order valence-corrected chi connectivity index (χ1v) is 5.39. The largest absolute Gasteiger partial charge is 0.505 e. The maximum atomic E-state index is 11.7. The molecule has 0 radical (unpaired) electrons. The summed E-state index contributed by atoms with van der Waals surface area (Å²) >= 11 is 0. The van der Waals surface area contributed by atoms with Crippen molar-refractivity contribution in [2.24, 2.45) is 11.7 Å². The van der Waals surface area contributed by atoms with Crippen molar-refractivity contribution in [3.05, 3.63) is 23.8 Å². The van der Waals surface area contributed by atoms with E-state index < -0.39 is 0 Å². The van der Waals surface area contributed by atoms with Crippen LogP contribution < -0.4 is 11.1 Å². The fourth-order valence-electron chi connectivity index (χ4n) is 1.45. The van der Waals surface area contributed by atoms with E-state index in [1.807, 2.05) is 6.92 Å². The number of rotatable bonds is 4. The van der Waals surface area contributed by atoms with E-state index >= 15 is 0 Å². The molecule has 4 nitrogen and oxygen atoms in total. The number of phenols is 1. The third kappa shape index (κ3) is 2.73. The van der Waals surface area contributed by atoms with E-state index in [9.17, 15) is 9.90 Å². The van der Waals surface area contributed by atoms with E-state index in [1.165, 1.54) is 0 Å². The Morgan fingerprint density at radius 3 is 2.81 bits per heavy atom. The highest BCUT2D eigenvalue weighted by atomic mass is 16.3. The molecule has 1 aromatic carbocycles. The molecule has 88 valence electrons. The standard InChI is InChI=1S/C12H18N2O2/c1-3-9(7-13)12(16)14-10-6-4-5-8(2)11(10)15/h4-6,9,15H,3,7,13H2,1-2H3,(H,14,16). The van der Waals surface area contributed by atoms with Gasteiger partial charge in [-0.3, -0.25) is 4.79 Å². The van der Waals surface area contributed by atoms with E-state index in [0.29, 0.717) is 18.7 Å². The van der Waals surface area contributed by atoms with Crippen molar-refractivity contribution in [1.29, 1.82) is 0 Å². The third-order valence-electron chi connectivity index (χ3n) is 2.64. The lowest BCUT2D eigenvalue weighted by atomic mass is 10.1. The van der Waals surface area contributed by atoms with Crippen molar-refractivity contribution >= 4 is 11.6 Å². The van der Waals surface area contributed by atoms with Gasteiger partial charge in [-0.2, -0.15) is 0 Å². The summed E-state index contributed by atoms with van der Waals surface area (Å²) in [7, 11) is 0. The highest BCUT2D eigenvalue weighted by molar-refractivity contribution is 5.94. The molecule has 0 saturated carbocycles. The number of para-hydroxylation sites is 1. The van der Waals surface area contributed by atoms with Crippen LogP contribution in [-0.2, 0) is 4.79 Å². The summed E-state index contributed by atoms with van der Waals surface area (Å²) in [4.78, 5) is 11.7. The van der Waals surface area contributed by atoms with Crippen LogP contribution >= 0.6 is 0 Å². The molecule has 0 aliphatic heterocycles. The molecule has 1 rings (SSSR count). The van der Waals surface area contributed by atoms with Crippen LogP contribution in [0.5, 0.6) is 5.75 Å². The second-order valence-electron chi connectivity index (χ2n) is 3.80. The zero-order valence-corrected chi connectivity index (χ0v) is 9.66. The topological polar surface area (TPSA) is 75.4 Å². The number of anilines is 1. The van der Waals surface area contributed by atoms with Crippen LogP contribution in [0.25, 0.3) is 0 Å². The van der Waals surface area contributed by atoms with Crippen LogP contribution in [-0.4, -0.2) is 17.6 Å². The zero-order valence-electron chi connectivity index (χ0n) is 9.66. The average Bonchev–Trinajstić information content (AvgIpc) is 2.26. The lowest BCUT2D eigenvalue weighted by Gasteiger charge is -2.14. The summed E-state index contributed by atoms with van der Waals surface area (Å²) in [5, 5.41) is 12.4. The van der Waals surface area contributed by atoms with Gasteiger partial charge in [0.1, 0.15) is 5.75 Å². The first-order valence-electron chi connectivity index (χ1n) is 5.39. The van der Waals surface area contributed by atoms with E-state index in [4.69, 9.17) is 5.73 Å². The predicted octanol–water partition coefficient (Wildman–Crippen LogP) is 1.62. The summed E-state index contributed by atoms with van der Waals surface area (Å²) < 4.78 is 0. The number of carbonyl (C=O) groups is 1. The van der Waals surface area contributed by atoms with Crippen molar-refractivity contribution in [2.75, 3.05) is 11.9 Å². The smallest absolute Gasteiger partial charge is 0.228 e. The van der Waals surface area contributed by atoms with Crippen LogP contribution in [0, 0.1) is 12.8 Å². The molecule has 0 aliphatic rings. The van der Waals surface area contributed by atoms with Gasteiger partial charge in [0.2, 0.25) is 5.91 Å². The number of benzene rings is 1. The number of aromatic hydroxyl groups is 1. The molecule has 16 heavy (non-hydrogen) atoms. The van der Waals surface area contributed by atoms with Crippen molar-refractivity contribution < 1.29 is 9.90 Å². The highest BCUT2D eigenvalue weighted by Crippen LogP contribution is 2.26. The summed E-state index contributed by atoms with van der Waals surface area (Å²) in [5.74, 6) is -0.242. The molecule has 1 unspecified atom stereocenters. The second-order valence-corrected chi connectivity index (χ2v) is 3.80. The minimum Gasteiger partial charge on any atom is -0.505 e. The third-order valence-corrected chi connectivity index (χ3v) is 2.64. The van der Waals surface area contributed by atoms with Gasteiger partial charge in [-0.05, 0) is 25.0 Å². The molecule has 1 amide bonds. The van der Waals surface area contributed by atoms with Gasteiger partial charge >= 0.3 is 0 Å². The van der Waals surface area contributed by atoms with Gasteiger partial charge in [-0.15, -0.1) is 0 Å². The molecule has 1 aromatic rings. The lowest BCUT2D eigenvalue weighted by molar-refractivity contribution is -0.119. The lowest BCUT2D eigenvalue weighted by Crippen LogP contribution is -2.28. The molecule has 1 atom stereocenters. The monoisotopic (exact) mass is 222 g/mol. The Hall–Kier alpha value is -1.55. The number of carbonyl (C=O) groups excluding carboxylic acids is 1. The molecule has 0 heterocycles. The van der Waals surface area contributed by atoms with Crippen molar-refractivity contribution in [1.82, 2.24) is 0 Å². The van der Waals surface area contributed by atoms with Crippen molar-refractivity contribution in [3.8, 4) is 5.75 Å². The molecular weight excluding hydrogens is 204 g/mol. The average molecular weight is 222 g/mol. The summed E-state index contributed by atoms with van der Waals surface area (Å²) in [5.41, 5.74) is 6.66. The maximum absolute atomic E-state index is 11.7. The van der Waals surface area contributed by atoms with Gasteiger partial charge in [0, 0.05) is 6.54 Å². The highest BCUT2D eigenvalue weighted by Gasteiger charge is 2.16. The van der Waals surface area contributed by atoms with Crippen LogP contribution in [0.15, 0.2) is 18.2 Å². The molecule has 0 spiro atoms. The Kier molecular flexibility index (Phi) is 4.31. The normalized spacial score (nSPS) is 12.2. The van der Waals surface area contributed by atoms with Gasteiger partial charge in [-0.25, -0.2) is 0 Å². The zero-order chi connectivity index (χ0) is 12.1. The van der Waals surface area contributed by atoms with E-state index in [-0.39, 0.29) is 17.6 Å². The Bertz CT molecular complexity index is 373. The molecule has 4 heteroatoms. The Morgan fingerprint density at radius 1 is 1.56 bits per heavy atom. The molecule has 0 bridgehead atoms. The van der Waals surface area contributed by atoms with Gasteiger partial charge < -0.3 is 16.2 Å². The summed E-state index contributed by atoms with van der Waals surface area (Å²) in [6.07, 6.45) is 0.689. The Labute approximate surface area is 95.5 Å². The number of hydrogen-bond donors (Lipinski definition) is 3. The molecule has 0 fully saturated rings. The first-order chi connectivity index (χ1) is 7.60. The predicted molar refractivity (Wildman–Crippen MR) is 64.3 cm³/mol. The number of nitrogens with one attached hydrogen (secondary N) is 1. The number of aryl methyl sites for hydroxylation is 1. The van der Waals surface area contributed by atoms with E-state index in [2.05, 4.69) is 5.32 Å². The molecular formula is C12H18N2O2. The van der Waals surface area contributed by atoms with Crippen molar-refractivity contribution in [2.45, 2.75) is 20.3 Å². The fraction of sp³-hybridized carbons (Fsp3) is 0.417. The van der Waals surface area contributed by atoms with Gasteiger partial charge in [0.25, 0.3) is 0 Å². The van der Waals surface area contributed by atoms with Crippen LogP contribution in [0.3, 0.4) is 0 Å². The minimum absolute atomic E-state index is 0.114. The number of nitrogens with two attached hydrogens (primary N) is 1. The molecule has 0 aliphatic carbocycles. The van der Waals surface area contributed by atoms with Gasteiger partial charge in [0.15, 0.2) is 0 Å². The summed E-state index contributed by atoms with van der Waals surface area (Å²) in [6.45, 7) is 4.01. The van der Waals surface area contributed by atoms with Gasteiger partial charge in [0.05, 0.1) is 11.6 Å². The fourth-order valence-corrected chi connectivity index (χ4v) is 1.45. The number of amides is 1. The number of hydrogen-bond acceptors (Lipinski definition) is 3. The first kappa shape index (κ1) is 12.5. The minimum atomic E-state index is -0.208.